The summed E-state index contributed by atoms with van der Waals surface area (Å²) in [6.45, 7) is 3.26. The number of carbonyl (C=O) groups excluding carboxylic acids is 2. The predicted octanol–water partition coefficient (Wildman–Crippen LogP) is 0.0217. The average molecular weight is 335 g/mol. The van der Waals surface area contributed by atoms with E-state index in [9.17, 15) is 23.1 Å². The minimum Gasteiger partial charge on any atom is -0.466 e. The summed E-state index contributed by atoms with van der Waals surface area (Å²) in [5.41, 5.74) is -1.85. The maximum absolute atomic E-state index is 11.9. The molecule has 1 rings (SSSR count). The first-order valence-electron chi connectivity index (χ1n) is 7.29. The van der Waals surface area contributed by atoms with Crippen LogP contribution in [-0.2, 0) is 24.2 Å². The minimum absolute atomic E-state index is 0.00659. The van der Waals surface area contributed by atoms with Crippen LogP contribution in [0.5, 0.6) is 0 Å². The zero-order valence-corrected chi connectivity index (χ0v) is 14.2. The van der Waals surface area contributed by atoms with Crippen LogP contribution in [0.2, 0.25) is 0 Å². The zero-order chi connectivity index (χ0) is 17.0. The van der Waals surface area contributed by atoms with Crippen molar-refractivity contribution in [2.75, 3.05) is 25.2 Å². The summed E-state index contributed by atoms with van der Waals surface area (Å²) < 4.78 is 27.4. The summed E-state index contributed by atoms with van der Waals surface area (Å²) in [6.07, 6.45) is 2.50. The van der Waals surface area contributed by atoms with Crippen molar-refractivity contribution in [2.24, 2.45) is 5.41 Å². The molecule has 1 aliphatic carbocycles. The molecule has 7 nitrogen and oxygen atoms in total. The number of ether oxygens (including phenoxy) is 1. The molecule has 0 saturated heterocycles. The van der Waals surface area contributed by atoms with Crippen molar-refractivity contribution in [1.29, 1.82) is 0 Å². The smallest absolute Gasteiger partial charge is 0.308 e. The third kappa shape index (κ3) is 7.22. The number of nitrogens with one attached hydrogen (secondary N) is 1. The van der Waals surface area contributed by atoms with Gasteiger partial charge in [-0.2, -0.15) is 0 Å². The maximum Gasteiger partial charge on any atom is 0.308 e. The molecule has 0 spiro atoms. The molecule has 128 valence electrons. The van der Waals surface area contributed by atoms with Gasteiger partial charge in [0.25, 0.3) is 0 Å². The summed E-state index contributed by atoms with van der Waals surface area (Å²) >= 11 is 0. The lowest BCUT2D eigenvalue weighted by Gasteiger charge is -2.23. The highest BCUT2D eigenvalue weighted by Crippen LogP contribution is 2.49. The second-order valence-electron chi connectivity index (χ2n) is 6.50. The molecule has 1 saturated carbocycles. The number of hydrogen-bond acceptors (Lipinski definition) is 6. The quantitative estimate of drug-likeness (QED) is 0.575. The summed E-state index contributed by atoms with van der Waals surface area (Å²) in [7, 11) is -3.12. The van der Waals surface area contributed by atoms with Gasteiger partial charge in [-0.15, -0.1) is 0 Å². The molecule has 22 heavy (non-hydrogen) atoms. The maximum atomic E-state index is 11.9. The second-order valence-corrected chi connectivity index (χ2v) is 8.64. The van der Waals surface area contributed by atoms with E-state index in [2.05, 4.69) is 5.32 Å². The molecule has 0 aromatic rings. The van der Waals surface area contributed by atoms with Crippen LogP contribution >= 0.6 is 0 Å². The number of hydrogen-bond donors (Lipinski definition) is 2. The van der Waals surface area contributed by atoms with Crippen LogP contribution in [0.25, 0.3) is 0 Å². The van der Waals surface area contributed by atoms with Gasteiger partial charge in [0, 0.05) is 19.2 Å². The van der Waals surface area contributed by atoms with Crippen LogP contribution < -0.4 is 5.32 Å². The SMILES string of the molecule is CCOC(=O)CC(C)(O)CNC(=O)CC1(CS(C)(=O)=O)CC1. The summed E-state index contributed by atoms with van der Waals surface area (Å²) in [6, 6.07) is 0. The van der Waals surface area contributed by atoms with E-state index in [1.807, 2.05) is 0 Å². The molecule has 1 aliphatic rings. The fourth-order valence-electron chi connectivity index (χ4n) is 2.38. The van der Waals surface area contributed by atoms with E-state index in [0.717, 1.165) is 6.26 Å². The van der Waals surface area contributed by atoms with E-state index < -0.39 is 26.8 Å². The Morgan fingerprint density at radius 2 is 1.95 bits per heavy atom. The van der Waals surface area contributed by atoms with Crippen LogP contribution in [0.3, 0.4) is 0 Å². The standard InChI is InChI=1S/C14H25NO6S/c1-4-21-12(17)8-13(2,18)9-15-11(16)7-14(5-6-14)10-22(3,19)20/h18H,4-10H2,1-3H3,(H,15,16). The molecule has 1 atom stereocenters. The summed E-state index contributed by atoms with van der Waals surface area (Å²) in [4.78, 5) is 23.2. The van der Waals surface area contributed by atoms with Gasteiger partial charge < -0.3 is 15.2 Å². The number of sulfone groups is 1. The van der Waals surface area contributed by atoms with Crippen LogP contribution in [0.1, 0.15) is 39.5 Å². The Kier molecular flexibility index (Phi) is 5.97. The normalized spacial score (nSPS) is 19.1. The van der Waals surface area contributed by atoms with Crippen molar-refractivity contribution in [2.45, 2.75) is 45.1 Å². The third-order valence-corrected chi connectivity index (χ3v) is 4.69. The van der Waals surface area contributed by atoms with Gasteiger partial charge >= 0.3 is 5.97 Å². The lowest BCUT2D eigenvalue weighted by Crippen LogP contribution is -2.43. The van der Waals surface area contributed by atoms with Crippen LogP contribution in [0, 0.1) is 5.41 Å². The molecule has 8 heteroatoms. The number of esters is 1. The highest BCUT2D eigenvalue weighted by atomic mass is 32.2. The van der Waals surface area contributed by atoms with Crippen molar-refractivity contribution in [3.05, 3.63) is 0 Å². The highest BCUT2D eigenvalue weighted by Gasteiger charge is 2.46. The Balaban J connectivity index is 2.41. The van der Waals surface area contributed by atoms with Gasteiger partial charge in [-0.05, 0) is 32.1 Å². The average Bonchev–Trinajstić information content (AvgIpc) is 3.03. The van der Waals surface area contributed by atoms with Gasteiger partial charge in [0.1, 0.15) is 9.84 Å². The van der Waals surface area contributed by atoms with E-state index in [4.69, 9.17) is 4.74 Å². The molecule has 0 aromatic carbocycles. The highest BCUT2D eigenvalue weighted by molar-refractivity contribution is 7.90. The van der Waals surface area contributed by atoms with Gasteiger partial charge in [-0.25, -0.2) is 8.42 Å². The fourth-order valence-corrected chi connectivity index (χ4v) is 3.89. The lowest BCUT2D eigenvalue weighted by atomic mass is 10.0. The van der Waals surface area contributed by atoms with Crippen molar-refractivity contribution < 1.29 is 27.9 Å². The molecule has 0 radical (unpaired) electrons. The molecule has 0 heterocycles. The van der Waals surface area contributed by atoms with E-state index in [1.54, 1.807) is 6.92 Å². The van der Waals surface area contributed by atoms with Crippen molar-refractivity contribution in [3.63, 3.8) is 0 Å². The van der Waals surface area contributed by atoms with E-state index in [1.165, 1.54) is 6.92 Å². The first-order valence-corrected chi connectivity index (χ1v) is 9.35. The van der Waals surface area contributed by atoms with Gasteiger partial charge in [0.15, 0.2) is 0 Å². The Bertz CT molecular complexity index is 521. The number of rotatable bonds is 9. The van der Waals surface area contributed by atoms with Crippen molar-refractivity contribution >= 4 is 21.7 Å². The molecular formula is C14H25NO6S. The van der Waals surface area contributed by atoms with Crippen LogP contribution in [0.4, 0.5) is 0 Å². The Hall–Kier alpha value is -1.15. The molecule has 0 aliphatic heterocycles. The van der Waals surface area contributed by atoms with E-state index >= 15 is 0 Å². The first-order chi connectivity index (χ1) is 9.97. The van der Waals surface area contributed by atoms with Gasteiger partial charge in [-0.3, -0.25) is 9.59 Å². The van der Waals surface area contributed by atoms with Crippen LogP contribution in [0.15, 0.2) is 0 Å². The van der Waals surface area contributed by atoms with Gasteiger partial charge in [0.05, 0.1) is 24.4 Å². The summed E-state index contributed by atoms with van der Waals surface area (Å²) in [5, 5.41) is 12.6. The second kappa shape index (κ2) is 6.95. The predicted molar refractivity (Wildman–Crippen MR) is 80.9 cm³/mol. The van der Waals surface area contributed by atoms with Crippen molar-refractivity contribution in [3.8, 4) is 0 Å². The third-order valence-electron chi connectivity index (χ3n) is 3.56. The largest absolute Gasteiger partial charge is 0.466 e. The first kappa shape index (κ1) is 18.9. The molecule has 0 aromatic heterocycles. The zero-order valence-electron chi connectivity index (χ0n) is 13.3. The van der Waals surface area contributed by atoms with E-state index in [0.29, 0.717) is 12.8 Å². The minimum atomic E-state index is -3.12. The molecule has 1 unspecified atom stereocenters. The van der Waals surface area contributed by atoms with E-state index in [-0.39, 0.29) is 37.7 Å². The van der Waals surface area contributed by atoms with Crippen molar-refractivity contribution in [1.82, 2.24) is 5.32 Å². The monoisotopic (exact) mass is 335 g/mol. The fraction of sp³-hybridized carbons (Fsp3) is 0.857. The lowest BCUT2D eigenvalue weighted by molar-refractivity contribution is -0.148. The summed E-state index contributed by atoms with van der Waals surface area (Å²) in [5.74, 6) is -0.838. The molecule has 0 bridgehead atoms. The Morgan fingerprint density at radius 1 is 1.36 bits per heavy atom. The topological polar surface area (TPSA) is 110 Å². The Morgan fingerprint density at radius 3 is 2.41 bits per heavy atom. The molecule has 2 N–H and O–H groups in total. The molecule has 1 amide bonds. The number of aliphatic hydroxyl groups is 1. The number of carbonyl (C=O) groups is 2. The number of amides is 1. The van der Waals surface area contributed by atoms with Gasteiger partial charge in [0.2, 0.25) is 5.91 Å². The molecule has 1 fully saturated rings. The van der Waals surface area contributed by atoms with Gasteiger partial charge in [-0.1, -0.05) is 0 Å². The Labute approximate surface area is 131 Å². The molecular weight excluding hydrogens is 310 g/mol. The van der Waals surface area contributed by atoms with Crippen LogP contribution in [-0.4, -0.2) is 56.2 Å².